The molecule has 0 amide bonds. The van der Waals surface area contributed by atoms with Crippen LogP contribution in [0.4, 0.5) is 17.6 Å². The predicted octanol–water partition coefficient (Wildman–Crippen LogP) is 2.94. The summed E-state index contributed by atoms with van der Waals surface area (Å²) in [6.07, 6.45) is 1.50. The van der Waals surface area contributed by atoms with E-state index in [9.17, 15) is 30.8 Å². The minimum atomic E-state index is -6.28. The molecule has 0 aromatic carbocycles. The average molecular weight is 392 g/mol. The first-order valence-electron chi connectivity index (χ1n) is 7.43. The van der Waals surface area contributed by atoms with E-state index in [0.717, 1.165) is 12.8 Å². The zero-order valence-corrected chi connectivity index (χ0v) is 14.4. The molecular weight excluding hydrogens is 372 g/mol. The van der Waals surface area contributed by atoms with Gasteiger partial charge in [-0.05, 0) is 32.6 Å². The van der Waals surface area contributed by atoms with Crippen molar-refractivity contribution in [2.24, 2.45) is 0 Å². The highest BCUT2D eigenvalue weighted by Gasteiger charge is 2.65. The molecule has 6 nitrogen and oxygen atoms in total. The van der Waals surface area contributed by atoms with Crippen LogP contribution in [0.5, 0.6) is 0 Å². The first kappa shape index (κ1) is 21.8. The molecule has 1 aliphatic carbocycles. The van der Waals surface area contributed by atoms with Crippen molar-refractivity contribution >= 4 is 16.1 Å². The van der Waals surface area contributed by atoms with Gasteiger partial charge < -0.3 is 9.47 Å². The summed E-state index contributed by atoms with van der Waals surface area (Å²) in [5, 5.41) is -5.64. The van der Waals surface area contributed by atoms with Gasteiger partial charge in [0, 0.05) is 6.42 Å². The Morgan fingerprint density at radius 3 is 2.24 bits per heavy atom. The Bertz CT molecular complexity index is 611. The summed E-state index contributed by atoms with van der Waals surface area (Å²) in [5.41, 5.74) is -0.803. The van der Waals surface area contributed by atoms with Crippen LogP contribution in [0.3, 0.4) is 0 Å². The third-order valence-electron chi connectivity index (χ3n) is 3.88. The number of alkyl halides is 4. The Balaban J connectivity index is 2.44. The minimum absolute atomic E-state index is 0.182. The summed E-state index contributed by atoms with van der Waals surface area (Å²) in [4.78, 5) is 11.8. The lowest BCUT2D eigenvalue weighted by Gasteiger charge is -2.25. The Kier molecular flexibility index (Phi) is 6.63. The van der Waals surface area contributed by atoms with E-state index in [1.54, 1.807) is 6.92 Å². The van der Waals surface area contributed by atoms with Gasteiger partial charge in [0.25, 0.3) is 0 Å². The standard InChI is InChI=1S/C14H20F4O6S/c1-10(11(19)24-12(2)5-3-4-6-12)9-23-8-7-13(15,16)14(17,18)25(20,21)22/h1,3-9H2,2H3,(H,20,21,22). The van der Waals surface area contributed by atoms with Crippen LogP contribution in [-0.2, 0) is 24.4 Å². The first-order chi connectivity index (χ1) is 11.2. The Labute approximate surface area is 142 Å². The van der Waals surface area contributed by atoms with Gasteiger partial charge >= 0.3 is 27.3 Å². The average Bonchev–Trinajstić information content (AvgIpc) is 2.88. The number of hydrogen-bond donors (Lipinski definition) is 1. The van der Waals surface area contributed by atoms with Crippen molar-refractivity contribution in [1.29, 1.82) is 0 Å². The van der Waals surface area contributed by atoms with E-state index in [0.29, 0.717) is 12.8 Å². The van der Waals surface area contributed by atoms with Crippen LogP contribution in [0.15, 0.2) is 12.2 Å². The summed E-state index contributed by atoms with van der Waals surface area (Å²) >= 11 is 0. The van der Waals surface area contributed by atoms with Crippen LogP contribution in [0.25, 0.3) is 0 Å². The molecule has 0 atom stereocenters. The van der Waals surface area contributed by atoms with Crippen LogP contribution in [0, 0.1) is 0 Å². The smallest absolute Gasteiger partial charge is 0.431 e. The molecule has 1 aliphatic rings. The van der Waals surface area contributed by atoms with Gasteiger partial charge in [0.2, 0.25) is 0 Å². The second kappa shape index (κ2) is 7.58. The van der Waals surface area contributed by atoms with Gasteiger partial charge in [-0.3, -0.25) is 4.55 Å². The van der Waals surface area contributed by atoms with E-state index in [1.807, 2.05) is 0 Å². The first-order valence-corrected chi connectivity index (χ1v) is 8.87. The summed E-state index contributed by atoms with van der Waals surface area (Å²) in [5.74, 6) is -5.82. The third-order valence-corrected chi connectivity index (χ3v) is 4.82. The van der Waals surface area contributed by atoms with Crippen molar-refractivity contribution < 1.29 is 44.8 Å². The van der Waals surface area contributed by atoms with E-state index in [2.05, 4.69) is 11.3 Å². The Morgan fingerprint density at radius 2 is 1.76 bits per heavy atom. The van der Waals surface area contributed by atoms with Crippen LogP contribution in [-0.4, -0.2) is 48.9 Å². The molecule has 0 aromatic rings. The zero-order chi connectivity index (χ0) is 19.5. The molecule has 1 rings (SSSR count). The van der Waals surface area contributed by atoms with Gasteiger partial charge in [-0.25, -0.2) is 4.79 Å². The molecular formula is C14H20F4O6S. The highest BCUT2D eigenvalue weighted by Crippen LogP contribution is 2.40. The third kappa shape index (κ3) is 5.38. The Hall–Kier alpha value is -1.20. The molecule has 1 N–H and O–H groups in total. The molecule has 0 heterocycles. The normalized spacial score (nSPS) is 18.2. The minimum Gasteiger partial charge on any atom is -0.456 e. The number of carbonyl (C=O) groups excluding carboxylic acids is 1. The molecule has 146 valence electrons. The fourth-order valence-corrected chi connectivity index (χ4v) is 2.79. The van der Waals surface area contributed by atoms with Gasteiger partial charge in [0.1, 0.15) is 5.60 Å². The maximum absolute atomic E-state index is 13.2. The van der Waals surface area contributed by atoms with Crippen molar-refractivity contribution in [3.8, 4) is 0 Å². The van der Waals surface area contributed by atoms with Crippen molar-refractivity contribution in [2.45, 2.75) is 55.8 Å². The van der Waals surface area contributed by atoms with Crippen molar-refractivity contribution in [3.63, 3.8) is 0 Å². The van der Waals surface area contributed by atoms with E-state index >= 15 is 0 Å². The van der Waals surface area contributed by atoms with Crippen LogP contribution in [0.2, 0.25) is 0 Å². The fourth-order valence-electron chi connectivity index (χ4n) is 2.31. The van der Waals surface area contributed by atoms with Gasteiger partial charge in [-0.2, -0.15) is 26.0 Å². The van der Waals surface area contributed by atoms with Crippen LogP contribution < -0.4 is 0 Å². The number of esters is 1. The Morgan fingerprint density at radius 1 is 1.24 bits per heavy atom. The highest BCUT2D eigenvalue weighted by atomic mass is 32.2. The molecule has 1 saturated carbocycles. The van der Waals surface area contributed by atoms with Gasteiger partial charge in [0.15, 0.2) is 0 Å². The number of ether oxygens (including phenoxy) is 2. The lowest BCUT2D eigenvalue weighted by atomic mass is 10.1. The van der Waals surface area contributed by atoms with Gasteiger partial charge in [0.05, 0.1) is 18.8 Å². The van der Waals surface area contributed by atoms with Crippen molar-refractivity contribution in [1.82, 2.24) is 0 Å². The number of carbonyl (C=O) groups is 1. The molecule has 0 spiro atoms. The predicted molar refractivity (Wildman–Crippen MR) is 79.0 cm³/mol. The summed E-state index contributed by atoms with van der Waals surface area (Å²) in [6, 6.07) is 0. The fraction of sp³-hybridized carbons (Fsp3) is 0.786. The van der Waals surface area contributed by atoms with Crippen molar-refractivity contribution in [3.05, 3.63) is 12.2 Å². The maximum atomic E-state index is 13.2. The second-order valence-electron chi connectivity index (χ2n) is 6.15. The summed E-state index contributed by atoms with van der Waals surface area (Å²) in [7, 11) is -6.28. The molecule has 0 bridgehead atoms. The largest absolute Gasteiger partial charge is 0.456 e. The lowest BCUT2D eigenvalue weighted by Crippen LogP contribution is -2.47. The molecule has 25 heavy (non-hydrogen) atoms. The summed E-state index contributed by atoms with van der Waals surface area (Å²) in [6.45, 7) is 3.61. The lowest BCUT2D eigenvalue weighted by molar-refractivity contribution is -0.170. The molecule has 0 aliphatic heterocycles. The highest BCUT2D eigenvalue weighted by molar-refractivity contribution is 7.87. The number of hydrogen-bond acceptors (Lipinski definition) is 5. The molecule has 0 saturated heterocycles. The van der Waals surface area contributed by atoms with Gasteiger partial charge in [-0.15, -0.1) is 0 Å². The number of rotatable bonds is 9. The van der Waals surface area contributed by atoms with Crippen LogP contribution >= 0.6 is 0 Å². The SMILES string of the molecule is C=C(COCCC(F)(F)C(F)(F)S(=O)(=O)O)C(=O)OC1(C)CCCC1. The molecule has 1 fully saturated rings. The molecule has 0 radical (unpaired) electrons. The maximum Gasteiger partial charge on any atom is 0.431 e. The van der Waals surface area contributed by atoms with Crippen molar-refractivity contribution in [2.75, 3.05) is 13.2 Å². The van der Waals surface area contributed by atoms with E-state index in [4.69, 9.17) is 9.29 Å². The van der Waals surface area contributed by atoms with E-state index in [1.165, 1.54) is 0 Å². The quantitative estimate of drug-likeness (QED) is 0.213. The number of halogens is 4. The summed E-state index contributed by atoms with van der Waals surface area (Å²) < 4.78 is 91.1. The zero-order valence-electron chi connectivity index (χ0n) is 13.6. The topological polar surface area (TPSA) is 89.9 Å². The van der Waals surface area contributed by atoms with Gasteiger partial charge in [-0.1, -0.05) is 6.58 Å². The molecule has 0 unspecified atom stereocenters. The molecule has 0 aromatic heterocycles. The molecule has 11 heteroatoms. The van der Waals surface area contributed by atoms with E-state index in [-0.39, 0.29) is 5.57 Å². The monoisotopic (exact) mass is 392 g/mol. The second-order valence-corrected chi connectivity index (χ2v) is 7.61. The van der Waals surface area contributed by atoms with E-state index < -0.39 is 52.5 Å². The van der Waals surface area contributed by atoms with Crippen LogP contribution in [0.1, 0.15) is 39.0 Å².